The molecule has 1 aliphatic rings. The smallest absolute Gasteiger partial charge is 0.286 e. The predicted molar refractivity (Wildman–Crippen MR) is 128 cm³/mol. The van der Waals surface area contributed by atoms with E-state index in [0.717, 1.165) is 30.1 Å². The number of nitrogens with zero attached hydrogens (tertiary/aromatic N) is 4. The minimum absolute atomic E-state index is 0.0763. The summed E-state index contributed by atoms with van der Waals surface area (Å²) in [7, 11) is 0. The second-order valence-corrected chi connectivity index (χ2v) is 8.18. The molecule has 0 bridgehead atoms. The van der Waals surface area contributed by atoms with E-state index < -0.39 is 17.5 Å². The Kier molecular flexibility index (Phi) is 7.20. The minimum Gasteiger partial charge on any atom is -0.490 e. The first kappa shape index (κ1) is 24.5. The number of ether oxygens (including phenoxy) is 2. The lowest BCUT2D eigenvalue weighted by Gasteiger charge is -2.29. The predicted octanol–water partition coefficient (Wildman–Crippen LogP) is 4.45. The van der Waals surface area contributed by atoms with Crippen LogP contribution in [-0.4, -0.2) is 53.8 Å². The molecule has 1 fully saturated rings. The molecule has 4 heterocycles. The minimum atomic E-state index is -3.15. The van der Waals surface area contributed by atoms with Crippen LogP contribution in [0.4, 0.5) is 20.3 Å². The van der Waals surface area contributed by atoms with E-state index in [1.54, 1.807) is 6.07 Å². The van der Waals surface area contributed by atoms with E-state index in [4.69, 9.17) is 14.5 Å². The van der Waals surface area contributed by atoms with Crippen molar-refractivity contribution in [3.05, 3.63) is 59.7 Å². The monoisotopic (exact) mass is 483 g/mol. The summed E-state index contributed by atoms with van der Waals surface area (Å²) in [6, 6.07) is 7.96. The molecule has 0 atom stereocenters. The van der Waals surface area contributed by atoms with Crippen molar-refractivity contribution in [2.75, 3.05) is 43.1 Å². The van der Waals surface area contributed by atoms with Gasteiger partial charge in [0, 0.05) is 43.0 Å². The molecule has 1 amide bonds. The van der Waals surface area contributed by atoms with E-state index in [2.05, 4.69) is 20.2 Å². The molecule has 8 nitrogen and oxygen atoms in total. The van der Waals surface area contributed by atoms with Gasteiger partial charge in [0.25, 0.3) is 11.8 Å². The molecule has 0 aliphatic carbocycles. The van der Waals surface area contributed by atoms with Crippen LogP contribution in [0.2, 0.25) is 0 Å². The SMILES string of the molecule is CCOc1ccc(-c2cc(NC(=O)c3ccnc(C(C)(F)F)c3)cnc2C)nc1N1CCOCC1. The second kappa shape index (κ2) is 10.3. The summed E-state index contributed by atoms with van der Waals surface area (Å²) >= 11 is 0. The summed E-state index contributed by atoms with van der Waals surface area (Å²) in [4.78, 5) is 27.8. The van der Waals surface area contributed by atoms with E-state index in [0.29, 0.717) is 50.0 Å². The zero-order chi connectivity index (χ0) is 25.0. The van der Waals surface area contributed by atoms with Gasteiger partial charge in [-0.05, 0) is 44.2 Å². The average Bonchev–Trinajstić information content (AvgIpc) is 2.86. The number of pyridine rings is 3. The highest BCUT2D eigenvalue weighted by Gasteiger charge is 2.27. The molecule has 0 aromatic carbocycles. The molecule has 3 aromatic rings. The molecule has 10 heteroatoms. The topological polar surface area (TPSA) is 89.5 Å². The lowest BCUT2D eigenvalue weighted by molar-refractivity contribution is 0.0127. The van der Waals surface area contributed by atoms with Gasteiger partial charge in [0.05, 0.1) is 37.4 Å². The zero-order valence-corrected chi connectivity index (χ0v) is 19.8. The summed E-state index contributed by atoms with van der Waals surface area (Å²) in [6.45, 7) is 7.66. The van der Waals surface area contributed by atoms with Gasteiger partial charge in [-0.2, -0.15) is 8.78 Å². The fraction of sp³-hybridized carbons (Fsp3) is 0.360. The van der Waals surface area contributed by atoms with Crippen molar-refractivity contribution in [2.24, 2.45) is 0 Å². The number of nitrogens with one attached hydrogen (secondary N) is 1. The number of alkyl halides is 2. The lowest BCUT2D eigenvalue weighted by Crippen LogP contribution is -2.37. The van der Waals surface area contributed by atoms with Crippen molar-refractivity contribution in [3.63, 3.8) is 0 Å². The number of hydrogen-bond acceptors (Lipinski definition) is 7. The normalized spacial score (nSPS) is 14.0. The van der Waals surface area contributed by atoms with E-state index in [1.165, 1.54) is 18.5 Å². The second-order valence-electron chi connectivity index (χ2n) is 8.18. The van der Waals surface area contributed by atoms with E-state index in [1.807, 2.05) is 26.0 Å². The van der Waals surface area contributed by atoms with Crippen molar-refractivity contribution in [2.45, 2.75) is 26.7 Å². The number of aryl methyl sites for hydroxylation is 1. The molecule has 1 saturated heterocycles. The molecule has 0 saturated carbocycles. The standard InChI is InChI=1S/C25H27F2N5O3/c1-4-35-21-6-5-20(31-23(21)32-9-11-34-12-10-32)19-14-18(15-29-16(19)2)30-24(33)17-7-8-28-22(13-17)25(3,26)27/h5-8,13-15H,4,9-12H2,1-3H3,(H,30,33). The van der Waals surface area contributed by atoms with Crippen molar-refractivity contribution < 1.29 is 23.0 Å². The maximum atomic E-state index is 13.6. The number of carbonyl (C=O) groups excluding carboxylic acids is 1. The van der Waals surface area contributed by atoms with Gasteiger partial charge in [-0.15, -0.1) is 0 Å². The summed E-state index contributed by atoms with van der Waals surface area (Å²) in [5.41, 5.74) is 2.16. The van der Waals surface area contributed by atoms with Crippen LogP contribution in [0.15, 0.2) is 42.7 Å². The highest BCUT2D eigenvalue weighted by molar-refractivity contribution is 6.04. The molecular formula is C25H27F2N5O3. The quantitative estimate of drug-likeness (QED) is 0.531. The molecule has 35 heavy (non-hydrogen) atoms. The maximum Gasteiger partial charge on any atom is 0.286 e. The van der Waals surface area contributed by atoms with E-state index in [-0.39, 0.29) is 5.56 Å². The van der Waals surface area contributed by atoms with Gasteiger partial charge in [0.1, 0.15) is 5.69 Å². The van der Waals surface area contributed by atoms with Gasteiger partial charge in [0.2, 0.25) is 0 Å². The molecule has 1 aliphatic heterocycles. The molecule has 4 rings (SSSR count). The summed E-state index contributed by atoms with van der Waals surface area (Å²) in [6.07, 6.45) is 2.71. The molecule has 1 N–H and O–H groups in total. The lowest BCUT2D eigenvalue weighted by atomic mass is 10.1. The number of aromatic nitrogens is 3. The van der Waals surface area contributed by atoms with Crippen LogP contribution in [0.25, 0.3) is 11.3 Å². The number of rotatable bonds is 7. The number of amides is 1. The Morgan fingerprint density at radius 2 is 1.97 bits per heavy atom. The van der Waals surface area contributed by atoms with Crippen LogP contribution in [0, 0.1) is 6.92 Å². The van der Waals surface area contributed by atoms with Gasteiger partial charge in [-0.3, -0.25) is 14.8 Å². The molecule has 184 valence electrons. The summed E-state index contributed by atoms with van der Waals surface area (Å²) in [5, 5.41) is 2.73. The van der Waals surface area contributed by atoms with Gasteiger partial charge < -0.3 is 19.7 Å². The summed E-state index contributed by atoms with van der Waals surface area (Å²) < 4.78 is 38.5. The van der Waals surface area contributed by atoms with Crippen molar-refractivity contribution in [3.8, 4) is 17.0 Å². The first-order chi connectivity index (χ1) is 16.8. The number of halogens is 2. The van der Waals surface area contributed by atoms with Gasteiger partial charge >= 0.3 is 0 Å². The van der Waals surface area contributed by atoms with Gasteiger partial charge in [-0.25, -0.2) is 4.98 Å². The van der Waals surface area contributed by atoms with E-state index in [9.17, 15) is 13.6 Å². The van der Waals surface area contributed by atoms with Crippen molar-refractivity contribution in [1.82, 2.24) is 15.0 Å². The van der Waals surface area contributed by atoms with Crippen LogP contribution in [0.5, 0.6) is 5.75 Å². The van der Waals surface area contributed by atoms with Crippen molar-refractivity contribution >= 4 is 17.4 Å². The largest absolute Gasteiger partial charge is 0.490 e. The highest BCUT2D eigenvalue weighted by Crippen LogP contribution is 2.32. The van der Waals surface area contributed by atoms with Gasteiger partial charge in [0.15, 0.2) is 11.6 Å². The molecule has 0 unspecified atom stereocenters. The Hall–Kier alpha value is -3.66. The fourth-order valence-corrected chi connectivity index (χ4v) is 3.73. The third-order valence-electron chi connectivity index (χ3n) is 5.54. The summed E-state index contributed by atoms with van der Waals surface area (Å²) in [5.74, 6) is -2.27. The third-order valence-corrected chi connectivity index (χ3v) is 5.54. The number of anilines is 2. The number of hydrogen-bond donors (Lipinski definition) is 1. The Labute approximate surface area is 202 Å². The Balaban J connectivity index is 1.63. The molecular weight excluding hydrogens is 456 g/mol. The Bertz CT molecular complexity index is 1210. The van der Waals surface area contributed by atoms with Crippen LogP contribution in [-0.2, 0) is 10.7 Å². The third kappa shape index (κ3) is 5.71. The molecule has 0 spiro atoms. The molecule has 0 radical (unpaired) electrons. The first-order valence-electron chi connectivity index (χ1n) is 11.4. The van der Waals surface area contributed by atoms with Crippen LogP contribution in [0.3, 0.4) is 0 Å². The Morgan fingerprint density at radius 3 is 2.69 bits per heavy atom. The van der Waals surface area contributed by atoms with Crippen LogP contribution in [0.1, 0.15) is 35.6 Å². The fourth-order valence-electron chi connectivity index (χ4n) is 3.73. The van der Waals surface area contributed by atoms with Crippen LogP contribution < -0.4 is 15.0 Å². The number of morpholine rings is 1. The maximum absolute atomic E-state index is 13.6. The van der Waals surface area contributed by atoms with E-state index >= 15 is 0 Å². The van der Waals surface area contributed by atoms with Crippen molar-refractivity contribution in [1.29, 1.82) is 0 Å². The number of carbonyl (C=O) groups is 1. The van der Waals surface area contributed by atoms with Gasteiger partial charge in [-0.1, -0.05) is 0 Å². The first-order valence-corrected chi connectivity index (χ1v) is 11.4. The highest BCUT2D eigenvalue weighted by atomic mass is 19.3. The zero-order valence-electron chi connectivity index (χ0n) is 19.8. The Morgan fingerprint density at radius 1 is 1.20 bits per heavy atom. The van der Waals surface area contributed by atoms with Crippen LogP contribution >= 0.6 is 0 Å². The molecule has 3 aromatic heterocycles. The average molecular weight is 484 g/mol.